The van der Waals surface area contributed by atoms with Gasteiger partial charge >= 0.3 is 0 Å². The van der Waals surface area contributed by atoms with Gasteiger partial charge in [0.1, 0.15) is 0 Å². The van der Waals surface area contributed by atoms with Gasteiger partial charge in [-0.05, 0) is 35.4 Å². The van der Waals surface area contributed by atoms with Crippen LogP contribution in [0.5, 0.6) is 0 Å². The van der Waals surface area contributed by atoms with Gasteiger partial charge < -0.3 is 0 Å². The van der Waals surface area contributed by atoms with Crippen molar-refractivity contribution in [3.05, 3.63) is 53.9 Å². The van der Waals surface area contributed by atoms with E-state index >= 15 is 0 Å². The minimum Gasteiger partial charge on any atom is -0.0843 e. The molecule has 0 saturated carbocycles. The van der Waals surface area contributed by atoms with Crippen molar-refractivity contribution < 1.29 is 0 Å². The summed E-state index contributed by atoms with van der Waals surface area (Å²) in [5.41, 5.74) is 1.02. The van der Waals surface area contributed by atoms with Gasteiger partial charge in [-0.25, -0.2) is 0 Å². The lowest BCUT2D eigenvalue weighted by molar-refractivity contribution is 1.66. The van der Waals surface area contributed by atoms with Crippen LogP contribution in [0.2, 0.25) is 5.02 Å². The lowest BCUT2D eigenvalue weighted by Crippen LogP contribution is -1.74. The summed E-state index contributed by atoms with van der Waals surface area (Å²) in [6.45, 7) is 3.86. The van der Waals surface area contributed by atoms with E-state index in [1.54, 1.807) is 0 Å². The molecule has 0 bridgehead atoms. The fourth-order valence-corrected chi connectivity index (χ4v) is 1.45. The summed E-state index contributed by atoms with van der Waals surface area (Å²) in [7, 11) is 0. The molecule has 2 rings (SSSR count). The fourth-order valence-electron chi connectivity index (χ4n) is 1.27. The molecule has 0 spiro atoms. The Morgan fingerprint density at radius 3 is 2.50 bits per heavy atom. The zero-order valence-corrected chi connectivity index (χ0v) is 7.31. The lowest BCUT2D eigenvalue weighted by Gasteiger charge is -1.98. The van der Waals surface area contributed by atoms with Crippen LogP contribution in [0.4, 0.5) is 0 Å². The van der Waals surface area contributed by atoms with E-state index in [9.17, 15) is 0 Å². The van der Waals surface area contributed by atoms with Crippen LogP contribution in [0.1, 0.15) is 5.56 Å². The first kappa shape index (κ1) is 7.63. The van der Waals surface area contributed by atoms with Crippen LogP contribution >= 0.6 is 11.6 Å². The first-order chi connectivity index (χ1) is 5.75. The third-order valence-corrected chi connectivity index (χ3v) is 2.10. The molecule has 0 saturated heterocycles. The summed E-state index contributed by atoms with van der Waals surface area (Å²) in [6.07, 6.45) is 0. The van der Waals surface area contributed by atoms with Gasteiger partial charge in [0.25, 0.3) is 0 Å². The van der Waals surface area contributed by atoms with Gasteiger partial charge in [-0.1, -0.05) is 35.9 Å². The van der Waals surface area contributed by atoms with E-state index in [0.29, 0.717) is 0 Å². The molecule has 0 N–H and O–H groups in total. The van der Waals surface area contributed by atoms with Crippen molar-refractivity contribution in [2.24, 2.45) is 0 Å². The monoisotopic (exact) mass is 175 g/mol. The summed E-state index contributed by atoms with van der Waals surface area (Å²) >= 11 is 5.85. The number of hydrogen-bond acceptors (Lipinski definition) is 0. The molecule has 12 heavy (non-hydrogen) atoms. The predicted molar refractivity (Wildman–Crippen MR) is 53.4 cm³/mol. The summed E-state index contributed by atoms with van der Waals surface area (Å²) in [5.74, 6) is 0. The zero-order chi connectivity index (χ0) is 8.55. The van der Waals surface area contributed by atoms with Gasteiger partial charge in [-0.3, -0.25) is 0 Å². The quantitative estimate of drug-likeness (QED) is 0.573. The van der Waals surface area contributed by atoms with Crippen molar-refractivity contribution in [1.29, 1.82) is 0 Å². The molecule has 0 amide bonds. The van der Waals surface area contributed by atoms with Crippen LogP contribution in [0.25, 0.3) is 10.8 Å². The lowest BCUT2D eigenvalue weighted by atomic mass is 10.1. The predicted octanol–water partition coefficient (Wildman–Crippen LogP) is 3.68. The normalized spacial score (nSPS) is 10.5. The Labute approximate surface area is 76.8 Å². The summed E-state index contributed by atoms with van der Waals surface area (Å²) in [4.78, 5) is 0. The third-order valence-electron chi connectivity index (χ3n) is 1.87. The molecule has 2 aromatic carbocycles. The highest BCUT2D eigenvalue weighted by atomic mass is 35.5. The molecule has 0 unspecified atom stereocenters. The third kappa shape index (κ3) is 1.30. The van der Waals surface area contributed by atoms with Crippen LogP contribution in [0.15, 0.2) is 36.4 Å². The second-order valence-corrected chi connectivity index (χ2v) is 3.26. The minimum absolute atomic E-state index is 0.771. The van der Waals surface area contributed by atoms with E-state index in [4.69, 9.17) is 11.6 Å². The van der Waals surface area contributed by atoms with Crippen molar-refractivity contribution in [1.82, 2.24) is 0 Å². The Bertz CT molecular complexity index is 382. The average Bonchev–Trinajstić information content (AvgIpc) is 2.03. The maximum Gasteiger partial charge on any atom is 0.0412 e. The van der Waals surface area contributed by atoms with Crippen molar-refractivity contribution in [3.63, 3.8) is 0 Å². The first-order valence-corrected chi connectivity index (χ1v) is 4.15. The number of rotatable bonds is 0. The standard InChI is InChI=1S/C11H8Cl/c1-8-2-3-9-4-5-11(12)7-10(9)6-8/h2-7H,1H2. The number of halogens is 1. The van der Waals surface area contributed by atoms with Crippen LogP contribution in [0.3, 0.4) is 0 Å². The van der Waals surface area contributed by atoms with Crippen LogP contribution in [-0.2, 0) is 0 Å². The highest BCUT2D eigenvalue weighted by Crippen LogP contribution is 2.19. The topological polar surface area (TPSA) is 0 Å². The van der Waals surface area contributed by atoms with Crippen molar-refractivity contribution in [3.8, 4) is 0 Å². The van der Waals surface area contributed by atoms with Crippen molar-refractivity contribution in [2.75, 3.05) is 0 Å². The minimum atomic E-state index is 0.771. The molecule has 0 aliphatic heterocycles. The summed E-state index contributed by atoms with van der Waals surface area (Å²) in [6, 6.07) is 11.9. The highest BCUT2D eigenvalue weighted by Gasteiger charge is 1.93. The molecule has 0 atom stereocenters. The van der Waals surface area contributed by atoms with Crippen molar-refractivity contribution >= 4 is 22.4 Å². The number of hydrogen-bond donors (Lipinski definition) is 0. The Balaban J connectivity index is 2.80. The molecule has 0 aliphatic rings. The highest BCUT2D eigenvalue weighted by molar-refractivity contribution is 6.31. The molecule has 0 heterocycles. The van der Waals surface area contributed by atoms with E-state index in [-0.39, 0.29) is 0 Å². The van der Waals surface area contributed by atoms with E-state index in [0.717, 1.165) is 16.0 Å². The number of fused-ring (bicyclic) bond motifs is 1. The molecule has 1 radical (unpaired) electrons. The molecule has 1 heteroatoms. The van der Waals surface area contributed by atoms with Gasteiger partial charge in [0.05, 0.1) is 0 Å². The second-order valence-electron chi connectivity index (χ2n) is 2.83. The van der Waals surface area contributed by atoms with Gasteiger partial charge in [0, 0.05) is 5.02 Å². The van der Waals surface area contributed by atoms with E-state index in [1.807, 2.05) is 36.4 Å². The number of benzene rings is 2. The Morgan fingerprint density at radius 1 is 0.917 bits per heavy atom. The van der Waals surface area contributed by atoms with E-state index < -0.39 is 0 Å². The van der Waals surface area contributed by atoms with Gasteiger partial charge in [-0.15, -0.1) is 0 Å². The maximum absolute atomic E-state index is 5.85. The molecule has 59 valence electrons. The largest absolute Gasteiger partial charge is 0.0843 e. The molecular weight excluding hydrogens is 168 g/mol. The molecule has 2 aromatic rings. The van der Waals surface area contributed by atoms with Crippen LogP contribution in [0, 0.1) is 6.92 Å². The Morgan fingerprint density at radius 2 is 1.67 bits per heavy atom. The Kier molecular flexibility index (Phi) is 1.78. The molecule has 0 aliphatic carbocycles. The summed E-state index contributed by atoms with van der Waals surface area (Å²) < 4.78 is 0. The van der Waals surface area contributed by atoms with Crippen LogP contribution in [-0.4, -0.2) is 0 Å². The molecular formula is C11H8Cl. The van der Waals surface area contributed by atoms with Gasteiger partial charge in [-0.2, -0.15) is 0 Å². The van der Waals surface area contributed by atoms with Crippen molar-refractivity contribution in [2.45, 2.75) is 0 Å². The van der Waals surface area contributed by atoms with E-state index in [2.05, 4.69) is 6.92 Å². The smallest absolute Gasteiger partial charge is 0.0412 e. The van der Waals surface area contributed by atoms with Gasteiger partial charge in [0.15, 0.2) is 0 Å². The Hall–Kier alpha value is -1.01. The average molecular weight is 176 g/mol. The maximum atomic E-state index is 5.85. The SMILES string of the molecule is [CH2]c1ccc2ccc(Cl)cc2c1. The van der Waals surface area contributed by atoms with E-state index in [1.165, 1.54) is 5.39 Å². The van der Waals surface area contributed by atoms with Crippen LogP contribution < -0.4 is 0 Å². The van der Waals surface area contributed by atoms with Gasteiger partial charge in [0.2, 0.25) is 0 Å². The molecule has 0 nitrogen and oxygen atoms in total. The first-order valence-electron chi connectivity index (χ1n) is 3.77. The zero-order valence-electron chi connectivity index (χ0n) is 6.55. The summed E-state index contributed by atoms with van der Waals surface area (Å²) in [5, 5.41) is 3.12. The molecule has 0 fully saturated rings. The fraction of sp³-hybridized carbons (Fsp3) is 0. The second kappa shape index (κ2) is 2.80. The molecule has 0 aromatic heterocycles.